The van der Waals surface area contributed by atoms with Gasteiger partial charge in [0.2, 0.25) is 5.88 Å². The van der Waals surface area contributed by atoms with Crippen LogP contribution in [-0.4, -0.2) is 42.9 Å². The zero-order valence-electron chi connectivity index (χ0n) is 17.4. The third-order valence-electron chi connectivity index (χ3n) is 5.54. The smallest absolute Gasteiger partial charge is 0.295 e. The Hall–Kier alpha value is -2.91. The van der Waals surface area contributed by atoms with E-state index < -0.39 is 5.91 Å². The summed E-state index contributed by atoms with van der Waals surface area (Å²) in [4.78, 5) is 14.0. The van der Waals surface area contributed by atoms with Crippen molar-refractivity contribution in [3.8, 4) is 17.4 Å². The molecular formula is C22H24BrN4O4+. The van der Waals surface area contributed by atoms with Crippen LogP contribution in [0.1, 0.15) is 23.2 Å². The minimum atomic E-state index is -0.540. The predicted molar refractivity (Wildman–Crippen MR) is 120 cm³/mol. The van der Waals surface area contributed by atoms with E-state index in [4.69, 9.17) is 9.47 Å². The van der Waals surface area contributed by atoms with Crippen molar-refractivity contribution in [2.75, 3.05) is 27.3 Å². The fourth-order valence-corrected chi connectivity index (χ4v) is 4.29. The topological polar surface area (TPSA) is 89.9 Å². The number of likely N-dealkylation sites (tertiary alicyclic amines) is 1. The first-order valence-corrected chi connectivity index (χ1v) is 10.8. The molecule has 4 rings (SSSR count). The first-order chi connectivity index (χ1) is 15.0. The Morgan fingerprint density at radius 2 is 1.87 bits per heavy atom. The van der Waals surface area contributed by atoms with Crippen LogP contribution in [0, 0.1) is 0 Å². The van der Waals surface area contributed by atoms with E-state index in [9.17, 15) is 9.90 Å². The van der Waals surface area contributed by atoms with Crippen LogP contribution < -0.4 is 14.4 Å². The molecule has 0 atom stereocenters. The Balaban J connectivity index is 1.69. The maximum absolute atomic E-state index is 12.6. The third kappa shape index (κ3) is 4.28. The summed E-state index contributed by atoms with van der Waals surface area (Å²) < 4.78 is 13.1. The molecule has 0 unspecified atom stereocenters. The largest absolute Gasteiger partial charge is 0.493 e. The van der Waals surface area contributed by atoms with E-state index in [1.807, 2.05) is 22.8 Å². The molecule has 31 heavy (non-hydrogen) atoms. The Labute approximate surface area is 188 Å². The van der Waals surface area contributed by atoms with Crippen LogP contribution >= 0.6 is 15.9 Å². The van der Waals surface area contributed by atoms with Crippen LogP contribution in [-0.2, 0) is 6.67 Å². The van der Waals surface area contributed by atoms with Crippen molar-refractivity contribution in [2.24, 2.45) is 10.2 Å². The Kier molecular flexibility index (Phi) is 6.24. The van der Waals surface area contributed by atoms with Crippen LogP contribution in [0.5, 0.6) is 17.4 Å². The first kappa shape index (κ1) is 21.3. The van der Waals surface area contributed by atoms with Gasteiger partial charge in [0.25, 0.3) is 5.91 Å². The van der Waals surface area contributed by atoms with Gasteiger partial charge in [0.15, 0.2) is 23.9 Å². The zero-order chi connectivity index (χ0) is 22.0. The maximum Gasteiger partial charge on any atom is 0.295 e. The molecule has 0 saturated carbocycles. The van der Waals surface area contributed by atoms with Crippen molar-refractivity contribution in [2.45, 2.75) is 19.5 Å². The van der Waals surface area contributed by atoms with Crippen molar-refractivity contribution < 1.29 is 24.3 Å². The lowest BCUT2D eigenvalue weighted by atomic mass is 10.2. The number of hydrogen-bond donors (Lipinski definition) is 2. The number of halogens is 1. The number of hydrogen-bond acceptors (Lipinski definition) is 5. The number of ether oxygens (including phenoxy) is 2. The van der Waals surface area contributed by atoms with Crippen molar-refractivity contribution in [1.82, 2.24) is 4.57 Å². The Bertz CT molecular complexity index is 1150. The second-order valence-electron chi connectivity index (χ2n) is 7.45. The molecule has 9 heteroatoms. The van der Waals surface area contributed by atoms with Crippen LogP contribution in [0.3, 0.4) is 0 Å². The maximum atomic E-state index is 12.6. The van der Waals surface area contributed by atoms with Gasteiger partial charge < -0.3 is 19.5 Å². The molecule has 0 radical (unpaired) electrons. The standard InChI is InChI=1S/C22H23BrN4O4/c1-30-18-8-5-14(11-19(18)31-2)21(28)25-24-20-16-12-15(23)6-7-17(16)27(22(20)29)13-26-9-3-4-10-26/h5-8,11-12,29H,3-4,9-10,13H2,1-2H3/p+1. The number of rotatable bonds is 6. The number of carbonyl (C=O) groups excluding carboxylic acids is 1. The molecule has 1 aromatic heterocycles. The highest BCUT2D eigenvalue weighted by Crippen LogP contribution is 2.40. The molecule has 1 aliphatic heterocycles. The number of aromatic nitrogens is 1. The van der Waals surface area contributed by atoms with E-state index in [2.05, 4.69) is 26.2 Å². The average Bonchev–Trinajstić information content (AvgIpc) is 3.38. The fraction of sp³-hybridized carbons (Fsp3) is 0.318. The normalized spacial score (nSPS) is 14.5. The number of amides is 1. The van der Waals surface area contributed by atoms with Gasteiger partial charge in [-0.2, -0.15) is 0 Å². The number of nitrogens with zero attached hydrogens (tertiary/aromatic N) is 3. The number of quaternary nitrogens is 1. The van der Waals surface area contributed by atoms with Crippen LogP contribution in [0.2, 0.25) is 0 Å². The second kappa shape index (κ2) is 9.07. The lowest BCUT2D eigenvalue weighted by molar-refractivity contribution is -0.910. The fourth-order valence-electron chi connectivity index (χ4n) is 3.93. The number of azo groups is 1. The molecule has 0 aliphatic carbocycles. The number of fused-ring (bicyclic) bond motifs is 1. The summed E-state index contributed by atoms with van der Waals surface area (Å²) in [5.41, 5.74) is 1.45. The number of benzene rings is 2. The van der Waals surface area contributed by atoms with Gasteiger partial charge in [-0.25, -0.2) is 0 Å². The molecule has 1 saturated heterocycles. The zero-order valence-corrected chi connectivity index (χ0v) is 19.0. The highest BCUT2D eigenvalue weighted by Gasteiger charge is 2.23. The minimum Gasteiger partial charge on any atom is -0.493 e. The van der Waals surface area contributed by atoms with Gasteiger partial charge in [-0.15, -0.1) is 10.2 Å². The van der Waals surface area contributed by atoms with E-state index >= 15 is 0 Å². The SMILES string of the molecule is COc1ccc(C(=O)N=Nc2c(O)n(C[NH+]3CCCC3)c3ccc(Br)cc23)cc1OC. The first-order valence-electron chi connectivity index (χ1n) is 10.0. The van der Waals surface area contributed by atoms with E-state index in [0.717, 1.165) is 28.5 Å². The second-order valence-corrected chi connectivity index (χ2v) is 8.37. The van der Waals surface area contributed by atoms with Gasteiger partial charge in [-0.1, -0.05) is 15.9 Å². The van der Waals surface area contributed by atoms with Gasteiger partial charge in [0.1, 0.15) is 0 Å². The summed E-state index contributed by atoms with van der Waals surface area (Å²) in [5.74, 6) is 0.421. The van der Waals surface area contributed by atoms with Gasteiger partial charge in [0.05, 0.1) is 32.8 Å². The Morgan fingerprint density at radius 3 is 2.58 bits per heavy atom. The minimum absolute atomic E-state index is 0.0105. The van der Waals surface area contributed by atoms with Gasteiger partial charge >= 0.3 is 0 Å². The molecule has 2 heterocycles. The molecular weight excluding hydrogens is 464 g/mol. The third-order valence-corrected chi connectivity index (χ3v) is 6.03. The molecule has 8 nitrogen and oxygen atoms in total. The molecule has 0 bridgehead atoms. The van der Waals surface area contributed by atoms with E-state index in [0.29, 0.717) is 23.7 Å². The van der Waals surface area contributed by atoms with Gasteiger partial charge in [-0.3, -0.25) is 9.36 Å². The van der Waals surface area contributed by atoms with Gasteiger partial charge in [0, 0.05) is 28.3 Å². The highest BCUT2D eigenvalue weighted by molar-refractivity contribution is 9.10. The van der Waals surface area contributed by atoms with E-state index in [1.165, 1.54) is 32.0 Å². The van der Waals surface area contributed by atoms with Gasteiger partial charge in [-0.05, 0) is 36.4 Å². The van der Waals surface area contributed by atoms with Crippen LogP contribution in [0.15, 0.2) is 51.1 Å². The number of aromatic hydroxyl groups is 1. The monoisotopic (exact) mass is 487 g/mol. The van der Waals surface area contributed by atoms with Crippen molar-refractivity contribution in [3.63, 3.8) is 0 Å². The highest BCUT2D eigenvalue weighted by atomic mass is 79.9. The molecule has 1 fully saturated rings. The number of methoxy groups -OCH3 is 2. The summed E-state index contributed by atoms with van der Waals surface area (Å²) in [7, 11) is 3.03. The lowest BCUT2D eigenvalue weighted by Gasteiger charge is -2.14. The molecule has 1 amide bonds. The van der Waals surface area contributed by atoms with Crippen molar-refractivity contribution >= 4 is 38.4 Å². The van der Waals surface area contributed by atoms with Crippen molar-refractivity contribution in [3.05, 3.63) is 46.4 Å². The number of nitrogens with one attached hydrogen (secondary N) is 1. The summed E-state index contributed by atoms with van der Waals surface area (Å²) in [6.45, 7) is 2.79. The molecule has 2 aromatic carbocycles. The van der Waals surface area contributed by atoms with E-state index in [-0.39, 0.29) is 11.6 Å². The molecule has 2 N–H and O–H groups in total. The van der Waals surface area contributed by atoms with Crippen LogP contribution in [0.25, 0.3) is 10.9 Å². The summed E-state index contributed by atoms with van der Waals surface area (Å²) in [6, 6.07) is 10.5. The average molecular weight is 488 g/mol. The molecule has 162 valence electrons. The molecule has 1 aliphatic rings. The quantitative estimate of drug-likeness (QED) is 0.518. The van der Waals surface area contributed by atoms with Crippen molar-refractivity contribution in [1.29, 1.82) is 0 Å². The lowest BCUT2D eigenvalue weighted by Crippen LogP contribution is -3.09. The van der Waals surface area contributed by atoms with E-state index in [1.54, 1.807) is 18.2 Å². The summed E-state index contributed by atoms with van der Waals surface area (Å²) in [5, 5.41) is 19.7. The predicted octanol–water partition coefficient (Wildman–Crippen LogP) is 3.69. The molecule has 3 aromatic rings. The summed E-state index contributed by atoms with van der Waals surface area (Å²) in [6.07, 6.45) is 2.38. The number of carbonyl (C=O) groups is 1. The summed E-state index contributed by atoms with van der Waals surface area (Å²) >= 11 is 3.47. The van der Waals surface area contributed by atoms with Crippen LogP contribution in [0.4, 0.5) is 5.69 Å². The molecule has 0 spiro atoms. The Morgan fingerprint density at radius 1 is 1.13 bits per heavy atom.